The molecule has 1 N–H and O–H groups in total. The third kappa shape index (κ3) is 3.80. The Balaban J connectivity index is 3.32. The van der Waals surface area contributed by atoms with Crippen molar-refractivity contribution in [2.24, 2.45) is 0 Å². The second kappa shape index (κ2) is 6.69. The normalized spacial score (nSPS) is 13.4. The van der Waals surface area contributed by atoms with Crippen LogP contribution < -0.4 is 0 Å². The Morgan fingerprint density at radius 2 is 2.05 bits per heavy atom. The lowest BCUT2D eigenvalue weighted by Crippen LogP contribution is -2.41. The van der Waals surface area contributed by atoms with Crippen LogP contribution in [0.4, 0.5) is 0 Å². The van der Waals surface area contributed by atoms with Crippen LogP contribution in [0.25, 0.3) is 0 Å². The number of sulfonamides is 1. The number of aliphatic carboxylic acids is 1. The van der Waals surface area contributed by atoms with E-state index in [-0.39, 0.29) is 10.9 Å². The van der Waals surface area contributed by atoms with E-state index < -0.39 is 22.5 Å². The molecule has 0 saturated carbocycles. The first-order valence-corrected chi connectivity index (χ1v) is 8.43. The topological polar surface area (TPSA) is 74.7 Å². The highest BCUT2D eigenvalue weighted by Crippen LogP contribution is 2.27. The van der Waals surface area contributed by atoms with Crippen molar-refractivity contribution < 1.29 is 18.3 Å². The minimum atomic E-state index is -3.85. The van der Waals surface area contributed by atoms with Crippen molar-refractivity contribution in [2.45, 2.75) is 38.1 Å². The van der Waals surface area contributed by atoms with Gasteiger partial charge in [0.2, 0.25) is 10.0 Å². The van der Waals surface area contributed by atoms with E-state index in [0.29, 0.717) is 10.9 Å². The van der Waals surface area contributed by atoms with E-state index in [0.717, 1.165) is 9.87 Å². The molecule has 0 amide bonds. The largest absolute Gasteiger partial charge is 0.480 e. The molecule has 0 aliphatic carbocycles. The molecule has 5 nitrogen and oxygen atoms in total. The molecule has 1 aromatic rings. The third-order valence-corrected chi connectivity index (χ3v) is 5.98. The highest BCUT2D eigenvalue weighted by molar-refractivity contribution is 9.10. The number of hydrogen-bond donors (Lipinski definition) is 1. The second-order valence-corrected chi connectivity index (χ2v) is 7.35. The fourth-order valence-corrected chi connectivity index (χ4v) is 4.56. The Hall–Kier alpha value is -0.920. The number of halogens is 1. The molecule has 20 heavy (non-hydrogen) atoms. The van der Waals surface area contributed by atoms with E-state index in [1.807, 2.05) is 13.8 Å². The van der Waals surface area contributed by atoms with E-state index >= 15 is 0 Å². The molecule has 0 aliphatic heterocycles. The Kier molecular flexibility index (Phi) is 5.73. The number of benzene rings is 1. The zero-order chi connectivity index (χ0) is 15.5. The van der Waals surface area contributed by atoms with Gasteiger partial charge in [0, 0.05) is 10.5 Å². The van der Waals surface area contributed by atoms with Crippen LogP contribution in [-0.2, 0) is 14.8 Å². The zero-order valence-electron chi connectivity index (χ0n) is 11.6. The van der Waals surface area contributed by atoms with Crippen LogP contribution in [0.1, 0.15) is 25.8 Å². The van der Waals surface area contributed by atoms with E-state index in [4.69, 9.17) is 5.11 Å². The molecule has 0 radical (unpaired) electrons. The third-order valence-electron chi connectivity index (χ3n) is 3.05. The monoisotopic (exact) mass is 363 g/mol. The van der Waals surface area contributed by atoms with Crippen LogP contribution in [0, 0.1) is 6.92 Å². The van der Waals surface area contributed by atoms with Gasteiger partial charge >= 0.3 is 5.97 Å². The molecule has 7 heteroatoms. The first-order valence-electron chi connectivity index (χ1n) is 6.20. The number of aryl methyl sites for hydroxylation is 1. The predicted molar refractivity (Wildman–Crippen MR) is 80.2 cm³/mol. The lowest BCUT2D eigenvalue weighted by molar-refractivity contribution is -0.137. The van der Waals surface area contributed by atoms with Crippen molar-refractivity contribution in [1.82, 2.24) is 4.31 Å². The van der Waals surface area contributed by atoms with Crippen molar-refractivity contribution in [3.8, 4) is 0 Å². The average Bonchev–Trinajstić information content (AvgIpc) is 2.34. The summed E-state index contributed by atoms with van der Waals surface area (Å²) in [4.78, 5) is 11.0. The molecule has 1 atom stereocenters. The molecule has 112 valence electrons. The molecule has 1 aromatic carbocycles. The smallest absolute Gasteiger partial charge is 0.318 e. The van der Waals surface area contributed by atoms with Gasteiger partial charge in [-0.3, -0.25) is 4.79 Å². The van der Waals surface area contributed by atoms with Gasteiger partial charge in [-0.15, -0.1) is 0 Å². The van der Waals surface area contributed by atoms with Crippen molar-refractivity contribution in [2.75, 3.05) is 6.54 Å². The molecular formula is C13H18BrNO4S. The second-order valence-electron chi connectivity index (χ2n) is 4.64. The molecule has 0 saturated heterocycles. The number of hydrogen-bond acceptors (Lipinski definition) is 3. The van der Waals surface area contributed by atoms with Gasteiger partial charge in [0.25, 0.3) is 0 Å². The summed E-state index contributed by atoms with van der Waals surface area (Å²) in [6.07, 6.45) is 0.538. The maximum atomic E-state index is 12.6. The quantitative estimate of drug-likeness (QED) is 0.842. The molecule has 0 heterocycles. The van der Waals surface area contributed by atoms with Crippen LogP contribution in [-0.4, -0.2) is 36.4 Å². The maximum Gasteiger partial charge on any atom is 0.318 e. The molecule has 0 spiro atoms. The van der Waals surface area contributed by atoms with Crippen molar-refractivity contribution >= 4 is 31.9 Å². The van der Waals surface area contributed by atoms with Crippen molar-refractivity contribution in [1.29, 1.82) is 0 Å². The Bertz CT molecular complexity index is 600. The number of nitrogens with zero attached hydrogens (tertiary/aromatic N) is 1. The summed E-state index contributed by atoms with van der Waals surface area (Å²) in [6.45, 7) is 4.82. The Morgan fingerprint density at radius 3 is 2.50 bits per heavy atom. The number of carboxylic acid groups (broad SMARTS) is 1. The van der Waals surface area contributed by atoms with Gasteiger partial charge in [-0.1, -0.05) is 13.0 Å². The van der Waals surface area contributed by atoms with Gasteiger partial charge in [0.1, 0.15) is 6.54 Å². The van der Waals surface area contributed by atoms with Gasteiger partial charge in [-0.05, 0) is 53.9 Å². The number of rotatable bonds is 6. The fourth-order valence-electron chi connectivity index (χ4n) is 1.76. The van der Waals surface area contributed by atoms with Crippen LogP contribution in [0.3, 0.4) is 0 Å². The van der Waals surface area contributed by atoms with Crippen molar-refractivity contribution in [3.05, 3.63) is 28.2 Å². The van der Waals surface area contributed by atoms with Gasteiger partial charge in [-0.25, -0.2) is 8.42 Å². The summed E-state index contributed by atoms with van der Waals surface area (Å²) in [6, 6.07) is 4.49. The average molecular weight is 364 g/mol. The summed E-state index contributed by atoms with van der Waals surface area (Å²) < 4.78 is 26.7. The van der Waals surface area contributed by atoms with E-state index in [9.17, 15) is 13.2 Å². The number of carbonyl (C=O) groups is 1. The summed E-state index contributed by atoms with van der Waals surface area (Å²) in [5, 5.41) is 8.93. The molecule has 0 aliphatic rings. The Morgan fingerprint density at radius 1 is 1.45 bits per heavy atom. The minimum Gasteiger partial charge on any atom is -0.480 e. The van der Waals surface area contributed by atoms with E-state index in [1.54, 1.807) is 19.1 Å². The van der Waals surface area contributed by atoms with Crippen LogP contribution in [0.15, 0.2) is 27.6 Å². The van der Waals surface area contributed by atoms with Crippen molar-refractivity contribution in [3.63, 3.8) is 0 Å². The SMILES string of the molecule is CCC(C)N(CC(=O)O)S(=O)(=O)c1ccc(C)cc1Br. The molecule has 1 unspecified atom stereocenters. The summed E-state index contributed by atoms with van der Waals surface area (Å²) >= 11 is 3.24. The van der Waals surface area contributed by atoms with Gasteiger partial charge in [-0.2, -0.15) is 4.31 Å². The standard InChI is InChI=1S/C13H18BrNO4S/c1-4-10(3)15(8-13(16)17)20(18,19)12-6-5-9(2)7-11(12)14/h5-7,10H,4,8H2,1-3H3,(H,16,17). The summed E-state index contributed by atoms with van der Waals surface area (Å²) in [5.74, 6) is -1.17. The lowest BCUT2D eigenvalue weighted by atomic mass is 10.2. The highest BCUT2D eigenvalue weighted by atomic mass is 79.9. The van der Waals surface area contributed by atoms with Gasteiger partial charge < -0.3 is 5.11 Å². The zero-order valence-corrected chi connectivity index (χ0v) is 14.0. The van der Waals surface area contributed by atoms with Gasteiger partial charge in [0.05, 0.1) is 4.90 Å². The molecule has 0 fully saturated rings. The summed E-state index contributed by atoms with van der Waals surface area (Å²) in [5.41, 5.74) is 0.921. The molecular weight excluding hydrogens is 346 g/mol. The maximum absolute atomic E-state index is 12.6. The predicted octanol–water partition coefficient (Wildman–Crippen LogP) is 2.63. The van der Waals surface area contributed by atoms with Crippen LogP contribution >= 0.6 is 15.9 Å². The summed E-state index contributed by atoms with van der Waals surface area (Å²) in [7, 11) is -3.85. The van der Waals surface area contributed by atoms with E-state index in [1.165, 1.54) is 6.07 Å². The molecule has 1 rings (SSSR count). The first-order chi connectivity index (χ1) is 9.20. The minimum absolute atomic E-state index is 0.0876. The Labute approximate surface area is 127 Å². The van der Waals surface area contributed by atoms with Crippen LogP contribution in [0.5, 0.6) is 0 Å². The molecule has 0 bridgehead atoms. The van der Waals surface area contributed by atoms with Crippen LogP contribution in [0.2, 0.25) is 0 Å². The van der Waals surface area contributed by atoms with E-state index in [2.05, 4.69) is 15.9 Å². The highest BCUT2D eigenvalue weighted by Gasteiger charge is 2.31. The first kappa shape index (κ1) is 17.1. The lowest BCUT2D eigenvalue weighted by Gasteiger charge is -2.26. The van der Waals surface area contributed by atoms with Gasteiger partial charge in [0.15, 0.2) is 0 Å². The number of carboxylic acids is 1. The fraction of sp³-hybridized carbons (Fsp3) is 0.462. The molecule has 0 aromatic heterocycles.